The number of ketones is 1. The molecule has 0 saturated carbocycles. The molecule has 8 heteroatoms. The van der Waals surface area contributed by atoms with E-state index in [0.29, 0.717) is 34.4 Å². The number of hydrogen-bond acceptors (Lipinski definition) is 5. The Morgan fingerprint density at radius 1 is 1.17 bits per heavy atom. The molecule has 0 bridgehead atoms. The lowest BCUT2D eigenvalue weighted by atomic mass is 9.99. The van der Waals surface area contributed by atoms with E-state index in [1.165, 1.54) is 0 Å². The highest BCUT2D eigenvalue weighted by molar-refractivity contribution is 6.30. The van der Waals surface area contributed by atoms with Crippen molar-refractivity contribution in [2.45, 2.75) is 19.4 Å². The third-order valence-corrected chi connectivity index (χ3v) is 5.79. The van der Waals surface area contributed by atoms with E-state index in [-0.39, 0.29) is 5.78 Å². The fraction of sp³-hybridized carbons (Fsp3) is 0.273. The Morgan fingerprint density at radius 3 is 2.77 bits per heavy atom. The van der Waals surface area contributed by atoms with Crippen LogP contribution in [0.1, 0.15) is 28.9 Å². The number of benzene rings is 2. The molecule has 1 N–H and O–H groups in total. The van der Waals surface area contributed by atoms with Crippen LogP contribution in [-0.2, 0) is 11.3 Å². The third-order valence-electron chi connectivity index (χ3n) is 5.54. The number of fused-ring (bicyclic) bond motifs is 1. The maximum absolute atomic E-state index is 13.5. The molecule has 152 valence electrons. The van der Waals surface area contributed by atoms with Crippen molar-refractivity contribution >= 4 is 28.3 Å². The maximum Gasteiger partial charge on any atom is 0.213 e. The number of rotatable bonds is 5. The molecular formula is C22H20ClN5O2. The zero-order valence-electron chi connectivity index (χ0n) is 16.2. The molecule has 2 aromatic heterocycles. The molecule has 0 radical (unpaired) electrons. The number of nitrogens with zero attached hydrogens (tertiary/aromatic N) is 4. The van der Waals surface area contributed by atoms with E-state index in [1.807, 2.05) is 18.2 Å². The van der Waals surface area contributed by atoms with Crippen molar-refractivity contribution in [1.82, 2.24) is 25.2 Å². The molecule has 1 aliphatic rings. The number of ether oxygens (including phenoxy) is 1. The van der Waals surface area contributed by atoms with E-state index in [0.717, 1.165) is 42.5 Å². The average Bonchev–Trinajstić information content (AvgIpc) is 3.41. The monoisotopic (exact) mass is 421 g/mol. The van der Waals surface area contributed by atoms with Gasteiger partial charge in [0.1, 0.15) is 11.4 Å². The molecule has 0 atom stereocenters. The third kappa shape index (κ3) is 3.62. The van der Waals surface area contributed by atoms with Crippen molar-refractivity contribution in [3.8, 4) is 11.3 Å². The number of aromatic nitrogens is 5. The van der Waals surface area contributed by atoms with Crippen molar-refractivity contribution in [1.29, 1.82) is 0 Å². The second-order valence-corrected chi connectivity index (χ2v) is 7.97. The Kier molecular flexibility index (Phi) is 5.06. The summed E-state index contributed by atoms with van der Waals surface area (Å²) in [4.78, 5) is 13.5. The van der Waals surface area contributed by atoms with Gasteiger partial charge in [0.05, 0.1) is 11.7 Å². The van der Waals surface area contributed by atoms with Gasteiger partial charge in [-0.2, -0.15) is 5.10 Å². The molecule has 30 heavy (non-hydrogen) atoms. The summed E-state index contributed by atoms with van der Waals surface area (Å²) < 4.78 is 7.22. The SMILES string of the molecule is O=C(c1ccc(Cl)cc1)c1c(-c2ccc3[nH]ncc3c2)nnn1CC1CCOCC1. The van der Waals surface area contributed by atoms with Gasteiger partial charge in [0.2, 0.25) is 5.78 Å². The minimum atomic E-state index is -0.119. The van der Waals surface area contributed by atoms with Crippen LogP contribution < -0.4 is 0 Å². The Morgan fingerprint density at radius 2 is 1.97 bits per heavy atom. The molecule has 0 unspecified atom stereocenters. The highest BCUT2D eigenvalue weighted by atomic mass is 35.5. The van der Waals surface area contributed by atoms with E-state index >= 15 is 0 Å². The van der Waals surface area contributed by atoms with Gasteiger partial charge in [0, 0.05) is 41.3 Å². The molecule has 5 rings (SSSR count). The van der Waals surface area contributed by atoms with Gasteiger partial charge in [-0.05, 0) is 55.2 Å². The van der Waals surface area contributed by atoms with Crippen LogP contribution in [0.2, 0.25) is 5.02 Å². The van der Waals surface area contributed by atoms with E-state index in [2.05, 4.69) is 20.5 Å². The Balaban J connectivity index is 1.58. The maximum atomic E-state index is 13.5. The Labute approximate surface area is 178 Å². The molecule has 1 saturated heterocycles. The van der Waals surface area contributed by atoms with Crippen molar-refractivity contribution in [2.24, 2.45) is 5.92 Å². The minimum Gasteiger partial charge on any atom is -0.381 e. The normalized spacial score (nSPS) is 15.0. The number of hydrogen-bond donors (Lipinski definition) is 1. The van der Waals surface area contributed by atoms with Gasteiger partial charge in [-0.25, -0.2) is 4.68 Å². The van der Waals surface area contributed by atoms with E-state index < -0.39 is 0 Å². The van der Waals surface area contributed by atoms with Crippen LogP contribution in [0.4, 0.5) is 0 Å². The smallest absolute Gasteiger partial charge is 0.213 e. The number of carbonyl (C=O) groups is 1. The number of nitrogens with one attached hydrogen (secondary N) is 1. The van der Waals surface area contributed by atoms with Crippen LogP contribution in [0.15, 0.2) is 48.7 Å². The summed E-state index contributed by atoms with van der Waals surface area (Å²) in [5, 5.41) is 17.3. The van der Waals surface area contributed by atoms with Gasteiger partial charge in [-0.1, -0.05) is 22.9 Å². The zero-order chi connectivity index (χ0) is 20.5. The second kappa shape index (κ2) is 8.01. The summed E-state index contributed by atoms with van der Waals surface area (Å²) in [7, 11) is 0. The lowest BCUT2D eigenvalue weighted by Gasteiger charge is -2.22. The first kappa shape index (κ1) is 19.0. The molecule has 3 heterocycles. The van der Waals surface area contributed by atoms with Gasteiger partial charge in [-0.3, -0.25) is 9.89 Å². The molecule has 0 spiro atoms. The van der Waals surface area contributed by atoms with Gasteiger partial charge < -0.3 is 4.74 Å². The zero-order valence-corrected chi connectivity index (χ0v) is 17.0. The first-order valence-corrected chi connectivity index (χ1v) is 10.3. The molecule has 4 aromatic rings. The molecule has 7 nitrogen and oxygen atoms in total. The average molecular weight is 422 g/mol. The van der Waals surface area contributed by atoms with Crippen LogP contribution in [0.3, 0.4) is 0 Å². The molecule has 1 aliphatic heterocycles. The molecule has 2 aromatic carbocycles. The summed E-state index contributed by atoms with van der Waals surface area (Å²) in [6.07, 6.45) is 3.65. The summed E-state index contributed by atoms with van der Waals surface area (Å²) >= 11 is 6.01. The number of carbonyl (C=O) groups excluding carboxylic acids is 1. The summed E-state index contributed by atoms with van der Waals surface area (Å²) in [5.41, 5.74) is 3.38. The fourth-order valence-corrected chi connectivity index (χ4v) is 3.99. The van der Waals surface area contributed by atoms with Gasteiger partial charge in [0.25, 0.3) is 0 Å². The van der Waals surface area contributed by atoms with Gasteiger partial charge in [0.15, 0.2) is 0 Å². The topological polar surface area (TPSA) is 85.7 Å². The predicted octanol–water partition coefficient (Wildman–Crippen LogP) is 4.13. The van der Waals surface area contributed by atoms with Gasteiger partial charge in [-0.15, -0.1) is 5.10 Å². The summed E-state index contributed by atoms with van der Waals surface area (Å²) in [6.45, 7) is 2.12. The molecule has 0 aliphatic carbocycles. The Hall–Kier alpha value is -3.03. The second-order valence-electron chi connectivity index (χ2n) is 7.53. The van der Waals surface area contributed by atoms with Crippen LogP contribution in [-0.4, -0.2) is 44.2 Å². The van der Waals surface area contributed by atoms with E-state index in [9.17, 15) is 4.79 Å². The lowest BCUT2D eigenvalue weighted by Crippen LogP contribution is -2.23. The van der Waals surface area contributed by atoms with Gasteiger partial charge >= 0.3 is 0 Å². The van der Waals surface area contributed by atoms with Crippen molar-refractivity contribution in [3.05, 3.63) is 64.9 Å². The van der Waals surface area contributed by atoms with Crippen LogP contribution in [0.5, 0.6) is 0 Å². The number of H-pyrrole nitrogens is 1. The van der Waals surface area contributed by atoms with Crippen LogP contribution in [0.25, 0.3) is 22.2 Å². The van der Waals surface area contributed by atoms with Crippen molar-refractivity contribution in [2.75, 3.05) is 13.2 Å². The highest BCUT2D eigenvalue weighted by Gasteiger charge is 2.25. The molecule has 1 fully saturated rings. The van der Waals surface area contributed by atoms with E-state index in [1.54, 1.807) is 35.1 Å². The largest absolute Gasteiger partial charge is 0.381 e. The fourth-order valence-electron chi connectivity index (χ4n) is 3.86. The van der Waals surface area contributed by atoms with E-state index in [4.69, 9.17) is 16.3 Å². The van der Waals surface area contributed by atoms with Crippen LogP contribution >= 0.6 is 11.6 Å². The lowest BCUT2D eigenvalue weighted by molar-refractivity contribution is 0.0596. The highest BCUT2D eigenvalue weighted by Crippen LogP contribution is 2.28. The van der Waals surface area contributed by atoms with Crippen LogP contribution in [0, 0.1) is 5.92 Å². The minimum absolute atomic E-state index is 0.119. The summed E-state index contributed by atoms with van der Waals surface area (Å²) in [6, 6.07) is 12.8. The van der Waals surface area contributed by atoms with Crippen molar-refractivity contribution < 1.29 is 9.53 Å². The molecule has 0 amide bonds. The summed E-state index contributed by atoms with van der Waals surface area (Å²) in [5.74, 6) is 0.285. The first-order chi connectivity index (χ1) is 14.7. The number of halogens is 1. The molecular weight excluding hydrogens is 402 g/mol. The number of aromatic amines is 1. The van der Waals surface area contributed by atoms with Crippen molar-refractivity contribution in [3.63, 3.8) is 0 Å². The Bertz CT molecular complexity index is 1190. The first-order valence-electron chi connectivity index (χ1n) is 9.94. The standard InChI is InChI=1S/C22H20ClN5O2/c23-18-4-1-15(2-5-18)22(29)21-20(16-3-6-19-17(11-16)12-24-25-19)26-27-28(21)13-14-7-9-30-10-8-14/h1-6,11-12,14H,7-10,13H2,(H,24,25). The predicted molar refractivity (Wildman–Crippen MR) is 114 cm³/mol. The quantitative estimate of drug-likeness (QED) is 0.489.